The summed E-state index contributed by atoms with van der Waals surface area (Å²) < 4.78 is 4.82. The van der Waals surface area contributed by atoms with Gasteiger partial charge in [0.05, 0.1) is 6.54 Å². The summed E-state index contributed by atoms with van der Waals surface area (Å²) in [6.07, 6.45) is 3.88. The van der Waals surface area contributed by atoms with E-state index in [1.165, 1.54) is 0 Å². The van der Waals surface area contributed by atoms with Crippen LogP contribution < -0.4 is 5.32 Å². The summed E-state index contributed by atoms with van der Waals surface area (Å²) in [5, 5.41) is 2.70. The van der Waals surface area contributed by atoms with Gasteiger partial charge in [0.15, 0.2) is 0 Å². The van der Waals surface area contributed by atoms with Gasteiger partial charge in [0, 0.05) is 12.8 Å². The van der Waals surface area contributed by atoms with Crippen molar-refractivity contribution in [1.82, 2.24) is 5.32 Å². The van der Waals surface area contributed by atoms with Gasteiger partial charge in [-0.05, 0) is 18.6 Å². The van der Waals surface area contributed by atoms with Crippen molar-refractivity contribution >= 4 is 24.5 Å². The number of unbranched alkanes of at least 4 members (excludes halogenated alkanes) is 2. The normalized spacial score (nSPS) is 9.11. The standard InChI is InChI=1S/C11H21NO3S.C2H6/c1-2-11(14)15-8-7-12-10(13)6-4-3-5-9-16;1-2/h16H,2-9H2,1H3,(H,12,13);1-2H3. The maximum Gasteiger partial charge on any atom is 0.305 e. The molecule has 108 valence electrons. The number of hydrogen-bond donors (Lipinski definition) is 2. The van der Waals surface area contributed by atoms with E-state index in [4.69, 9.17) is 4.74 Å². The molecule has 4 nitrogen and oxygen atoms in total. The van der Waals surface area contributed by atoms with Crippen LogP contribution in [0, 0.1) is 0 Å². The number of thiol groups is 1. The molecule has 0 aliphatic rings. The van der Waals surface area contributed by atoms with Crippen molar-refractivity contribution in [3.63, 3.8) is 0 Å². The first-order chi connectivity index (χ1) is 8.70. The van der Waals surface area contributed by atoms with Crippen LogP contribution in [-0.2, 0) is 14.3 Å². The van der Waals surface area contributed by atoms with Crippen molar-refractivity contribution in [1.29, 1.82) is 0 Å². The third-order valence-electron chi connectivity index (χ3n) is 2.04. The van der Waals surface area contributed by atoms with E-state index in [2.05, 4.69) is 17.9 Å². The van der Waals surface area contributed by atoms with Crippen molar-refractivity contribution in [2.24, 2.45) is 0 Å². The van der Waals surface area contributed by atoms with Gasteiger partial charge in [-0.15, -0.1) is 0 Å². The second-order valence-electron chi connectivity index (χ2n) is 3.46. The van der Waals surface area contributed by atoms with Crippen LogP contribution in [0.4, 0.5) is 0 Å². The maximum absolute atomic E-state index is 11.2. The fourth-order valence-corrected chi connectivity index (χ4v) is 1.34. The minimum Gasteiger partial charge on any atom is -0.464 e. The molecule has 0 radical (unpaired) electrons. The fourth-order valence-electron chi connectivity index (χ4n) is 1.12. The highest BCUT2D eigenvalue weighted by Gasteiger charge is 2.01. The second kappa shape index (κ2) is 16.3. The summed E-state index contributed by atoms with van der Waals surface area (Å²) in [4.78, 5) is 22.0. The Bertz CT molecular complexity index is 210. The average molecular weight is 277 g/mol. The second-order valence-corrected chi connectivity index (χ2v) is 3.91. The van der Waals surface area contributed by atoms with E-state index in [1.54, 1.807) is 6.92 Å². The van der Waals surface area contributed by atoms with Crippen molar-refractivity contribution in [2.75, 3.05) is 18.9 Å². The van der Waals surface area contributed by atoms with Crippen molar-refractivity contribution in [3.8, 4) is 0 Å². The van der Waals surface area contributed by atoms with Gasteiger partial charge in [-0.3, -0.25) is 9.59 Å². The number of amides is 1. The molecule has 0 aromatic heterocycles. The topological polar surface area (TPSA) is 55.4 Å². The zero-order valence-electron chi connectivity index (χ0n) is 11.8. The Morgan fingerprint density at radius 3 is 2.39 bits per heavy atom. The predicted octanol–water partition coefficient (Wildman–Crippen LogP) is 2.57. The van der Waals surface area contributed by atoms with E-state index in [0.29, 0.717) is 19.4 Å². The molecule has 0 aromatic carbocycles. The van der Waals surface area contributed by atoms with Crippen LogP contribution in [0.1, 0.15) is 52.9 Å². The molecule has 0 saturated heterocycles. The molecule has 18 heavy (non-hydrogen) atoms. The van der Waals surface area contributed by atoms with Gasteiger partial charge in [0.25, 0.3) is 0 Å². The van der Waals surface area contributed by atoms with Crippen molar-refractivity contribution in [3.05, 3.63) is 0 Å². The van der Waals surface area contributed by atoms with Crippen LogP contribution in [0.2, 0.25) is 0 Å². The Balaban J connectivity index is 0. The van der Waals surface area contributed by atoms with Gasteiger partial charge in [-0.25, -0.2) is 0 Å². The van der Waals surface area contributed by atoms with Crippen LogP contribution >= 0.6 is 12.6 Å². The molecule has 0 unspecified atom stereocenters. The van der Waals surface area contributed by atoms with Crippen molar-refractivity contribution in [2.45, 2.75) is 52.9 Å². The van der Waals surface area contributed by atoms with Crippen LogP contribution in [-0.4, -0.2) is 30.8 Å². The predicted molar refractivity (Wildman–Crippen MR) is 77.9 cm³/mol. The van der Waals surface area contributed by atoms with E-state index >= 15 is 0 Å². The van der Waals surface area contributed by atoms with Crippen LogP contribution in [0.3, 0.4) is 0 Å². The van der Waals surface area contributed by atoms with Gasteiger partial charge >= 0.3 is 5.97 Å². The van der Waals surface area contributed by atoms with Crippen molar-refractivity contribution < 1.29 is 14.3 Å². The number of ether oxygens (including phenoxy) is 1. The van der Waals surface area contributed by atoms with Gasteiger partial charge in [-0.1, -0.05) is 27.2 Å². The molecule has 0 atom stereocenters. The van der Waals surface area contributed by atoms with E-state index in [9.17, 15) is 9.59 Å². The highest BCUT2D eigenvalue weighted by molar-refractivity contribution is 7.80. The highest BCUT2D eigenvalue weighted by atomic mass is 32.1. The number of esters is 1. The van der Waals surface area contributed by atoms with Crippen LogP contribution in [0.15, 0.2) is 0 Å². The lowest BCUT2D eigenvalue weighted by Gasteiger charge is -2.05. The molecule has 0 bridgehead atoms. The summed E-state index contributed by atoms with van der Waals surface area (Å²) in [5.74, 6) is 0.656. The molecule has 0 fully saturated rings. The lowest BCUT2D eigenvalue weighted by molar-refractivity contribution is -0.143. The Hall–Kier alpha value is -0.710. The number of rotatable bonds is 9. The van der Waals surface area contributed by atoms with Gasteiger partial charge < -0.3 is 10.1 Å². The number of carbonyl (C=O) groups excluding carboxylic acids is 2. The van der Waals surface area contributed by atoms with E-state index < -0.39 is 0 Å². The fraction of sp³-hybridized carbons (Fsp3) is 0.846. The van der Waals surface area contributed by atoms with Gasteiger partial charge in [-0.2, -0.15) is 12.6 Å². The average Bonchev–Trinajstić information content (AvgIpc) is 2.41. The molecular formula is C13H27NO3S. The molecule has 0 rings (SSSR count). The molecular weight excluding hydrogens is 250 g/mol. The minimum atomic E-state index is -0.233. The largest absolute Gasteiger partial charge is 0.464 e. The first-order valence-corrected chi connectivity index (χ1v) is 7.37. The van der Waals surface area contributed by atoms with Crippen LogP contribution in [0.25, 0.3) is 0 Å². The van der Waals surface area contributed by atoms with E-state index in [0.717, 1.165) is 25.0 Å². The van der Waals surface area contributed by atoms with Gasteiger partial charge in [0.2, 0.25) is 5.91 Å². The SMILES string of the molecule is CC.CCC(=O)OCCNC(=O)CCCCCS. The Morgan fingerprint density at radius 2 is 1.83 bits per heavy atom. The minimum absolute atomic E-state index is 0.0201. The molecule has 5 heteroatoms. The molecule has 1 amide bonds. The number of hydrogen-bond acceptors (Lipinski definition) is 4. The smallest absolute Gasteiger partial charge is 0.305 e. The Kier molecular flexibility index (Phi) is 17.8. The number of carbonyl (C=O) groups is 2. The number of nitrogens with one attached hydrogen (secondary N) is 1. The lowest BCUT2D eigenvalue weighted by Crippen LogP contribution is -2.27. The quantitative estimate of drug-likeness (QED) is 0.387. The monoisotopic (exact) mass is 277 g/mol. The summed E-state index contributed by atoms with van der Waals surface area (Å²) in [5.41, 5.74) is 0. The lowest BCUT2D eigenvalue weighted by atomic mass is 10.2. The molecule has 0 spiro atoms. The van der Waals surface area contributed by atoms with E-state index in [-0.39, 0.29) is 18.5 Å². The molecule has 0 heterocycles. The summed E-state index contributed by atoms with van der Waals surface area (Å²) >= 11 is 4.09. The van der Waals surface area contributed by atoms with Crippen LogP contribution in [0.5, 0.6) is 0 Å². The zero-order chi connectivity index (χ0) is 14.2. The first kappa shape index (κ1) is 19.6. The Morgan fingerprint density at radius 1 is 1.17 bits per heavy atom. The van der Waals surface area contributed by atoms with Gasteiger partial charge in [0.1, 0.15) is 6.61 Å². The molecule has 0 saturated carbocycles. The molecule has 0 aromatic rings. The zero-order valence-corrected chi connectivity index (χ0v) is 12.7. The summed E-state index contributed by atoms with van der Waals surface area (Å²) in [6.45, 7) is 6.40. The Labute approximate surface area is 116 Å². The van der Waals surface area contributed by atoms with E-state index in [1.807, 2.05) is 13.8 Å². The molecule has 0 aliphatic carbocycles. The third kappa shape index (κ3) is 15.3. The molecule has 0 aliphatic heterocycles. The molecule has 1 N–H and O–H groups in total. The maximum atomic E-state index is 11.2. The third-order valence-corrected chi connectivity index (χ3v) is 2.35. The summed E-state index contributed by atoms with van der Waals surface area (Å²) in [7, 11) is 0. The summed E-state index contributed by atoms with van der Waals surface area (Å²) in [6, 6.07) is 0. The first-order valence-electron chi connectivity index (χ1n) is 6.74. The highest BCUT2D eigenvalue weighted by Crippen LogP contribution is 2.00.